The number of ketones is 1. The third-order valence-corrected chi connectivity index (χ3v) is 2.74. The van der Waals surface area contributed by atoms with Gasteiger partial charge in [0.2, 0.25) is 0 Å². The number of rotatable bonds is 4. The van der Waals surface area contributed by atoms with Crippen LogP contribution in [0.2, 0.25) is 0 Å². The maximum Gasteiger partial charge on any atom is 0.177 e. The molecule has 82 valence electrons. The predicted molar refractivity (Wildman–Crippen MR) is 60.6 cm³/mol. The molecule has 0 aromatic heterocycles. The molecule has 0 radical (unpaired) electrons. The monoisotopic (exact) mass is 273 g/mol. The van der Waals surface area contributed by atoms with E-state index in [4.69, 9.17) is 4.74 Å². The van der Waals surface area contributed by atoms with Crippen molar-refractivity contribution in [2.24, 2.45) is 0 Å². The molecule has 5 heteroatoms. The Morgan fingerprint density at radius 2 is 2.27 bits per heavy atom. The number of nitrogens with one attached hydrogen (secondary N) is 1. The molecule has 4 nitrogen and oxygen atoms in total. The number of Topliss-reactive ketones (excluding diaryl/α,β-unsaturated/α-hetero) is 1. The minimum absolute atomic E-state index is 0.0561. The molecule has 1 rings (SSSR count). The van der Waals surface area contributed by atoms with Crippen LogP contribution in [0.25, 0.3) is 0 Å². The molecule has 0 spiro atoms. The number of hydrogen-bond donors (Lipinski definition) is 2. The number of carbonyl (C=O) groups excluding carboxylic acids is 1. The van der Waals surface area contributed by atoms with Gasteiger partial charge in [-0.05, 0) is 35.1 Å². The van der Waals surface area contributed by atoms with Gasteiger partial charge in [-0.15, -0.1) is 0 Å². The fourth-order valence-corrected chi connectivity index (χ4v) is 1.73. The second-order valence-corrected chi connectivity index (χ2v) is 3.72. The molecule has 0 aliphatic heterocycles. The minimum atomic E-state index is -0.0951. The summed E-state index contributed by atoms with van der Waals surface area (Å²) in [6.07, 6.45) is 0. The van der Waals surface area contributed by atoms with E-state index in [1.165, 1.54) is 7.11 Å². The average molecular weight is 274 g/mol. The molecule has 0 amide bonds. The van der Waals surface area contributed by atoms with E-state index in [1.54, 1.807) is 19.2 Å². The van der Waals surface area contributed by atoms with E-state index in [9.17, 15) is 9.90 Å². The zero-order valence-corrected chi connectivity index (χ0v) is 10.1. The summed E-state index contributed by atoms with van der Waals surface area (Å²) in [5.74, 6) is 0.185. The lowest BCUT2D eigenvalue weighted by molar-refractivity contribution is 0.0992. The molecule has 0 aliphatic carbocycles. The van der Waals surface area contributed by atoms with E-state index < -0.39 is 0 Å². The first-order chi connectivity index (χ1) is 7.11. The summed E-state index contributed by atoms with van der Waals surface area (Å²) in [6.45, 7) is 0.227. The summed E-state index contributed by atoms with van der Waals surface area (Å²) in [5, 5.41) is 12.4. The smallest absolute Gasteiger partial charge is 0.177 e. The van der Waals surface area contributed by atoms with Crippen molar-refractivity contribution in [3.8, 4) is 11.5 Å². The molecular weight excluding hydrogens is 262 g/mol. The molecule has 1 aromatic rings. The number of phenols is 1. The van der Waals surface area contributed by atoms with Crippen LogP contribution in [0.4, 0.5) is 0 Å². The van der Waals surface area contributed by atoms with Gasteiger partial charge in [-0.25, -0.2) is 0 Å². The molecule has 0 saturated heterocycles. The van der Waals surface area contributed by atoms with Crippen molar-refractivity contribution in [3.05, 3.63) is 22.2 Å². The lowest BCUT2D eigenvalue weighted by Gasteiger charge is -2.08. The maximum atomic E-state index is 11.6. The molecule has 0 bridgehead atoms. The molecule has 1 aromatic carbocycles. The number of phenolic OH excluding ortho intramolecular Hbond substituents is 1. The van der Waals surface area contributed by atoms with Gasteiger partial charge in [0.15, 0.2) is 17.3 Å². The number of ether oxygens (including phenoxy) is 1. The van der Waals surface area contributed by atoms with Gasteiger partial charge in [-0.3, -0.25) is 4.79 Å². The van der Waals surface area contributed by atoms with Crippen LogP contribution in [0.1, 0.15) is 10.4 Å². The van der Waals surface area contributed by atoms with Crippen LogP contribution < -0.4 is 10.1 Å². The van der Waals surface area contributed by atoms with E-state index in [0.717, 1.165) is 0 Å². The lowest BCUT2D eigenvalue weighted by Crippen LogP contribution is -2.18. The van der Waals surface area contributed by atoms with Gasteiger partial charge in [-0.2, -0.15) is 0 Å². The van der Waals surface area contributed by atoms with Gasteiger partial charge in [0.25, 0.3) is 0 Å². The Morgan fingerprint density at radius 1 is 1.60 bits per heavy atom. The molecule has 0 atom stereocenters. The van der Waals surface area contributed by atoms with Crippen molar-refractivity contribution < 1.29 is 14.6 Å². The normalized spacial score (nSPS) is 10.1. The van der Waals surface area contributed by atoms with Crippen LogP contribution in [-0.4, -0.2) is 31.6 Å². The SMILES string of the molecule is CNCC(=O)c1ccc(OC)c(O)c1Br. The fourth-order valence-electron chi connectivity index (χ4n) is 1.18. The third kappa shape index (κ3) is 2.49. The number of likely N-dealkylation sites (N-methyl/N-ethyl adjacent to an activating group) is 1. The number of carbonyl (C=O) groups is 1. The van der Waals surface area contributed by atoms with Gasteiger partial charge in [-0.1, -0.05) is 0 Å². The van der Waals surface area contributed by atoms with Crippen LogP contribution in [0.15, 0.2) is 16.6 Å². The minimum Gasteiger partial charge on any atom is -0.503 e. The topological polar surface area (TPSA) is 58.6 Å². The summed E-state index contributed by atoms with van der Waals surface area (Å²) in [7, 11) is 3.14. The highest BCUT2D eigenvalue weighted by Crippen LogP contribution is 2.36. The van der Waals surface area contributed by atoms with Crippen LogP contribution in [0, 0.1) is 0 Å². The standard InChI is InChI=1S/C10H12BrNO3/c1-12-5-7(13)6-3-4-8(15-2)10(14)9(6)11/h3-4,12,14H,5H2,1-2H3. The second-order valence-electron chi connectivity index (χ2n) is 2.93. The highest BCUT2D eigenvalue weighted by atomic mass is 79.9. The predicted octanol–water partition coefficient (Wildman–Crippen LogP) is 1.57. The largest absolute Gasteiger partial charge is 0.503 e. The van der Waals surface area contributed by atoms with Crippen molar-refractivity contribution in [1.29, 1.82) is 0 Å². The number of methoxy groups -OCH3 is 1. The number of halogens is 1. The van der Waals surface area contributed by atoms with E-state index in [0.29, 0.717) is 15.8 Å². The summed E-state index contributed by atoms with van der Waals surface area (Å²) in [6, 6.07) is 3.17. The summed E-state index contributed by atoms with van der Waals surface area (Å²) in [4.78, 5) is 11.6. The van der Waals surface area contributed by atoms with Gasteiger partial charge >= 0.3 is 0 Å². The van der Waals surface area contributed by atoms with Crippen molar-refractivity contribution in [2.45, 2.75) is 0 Å². The first-order valence-electron chi connectivity index (χ1n) is 4.35. The van der Waals surface area contributed by atoms with Gasteiger partial charge < -0.3 is 15.2 Å². The van der Waals surface area contributed by atoms with Gasteiger partial charge in [0.05, 0.1) is 18.1 Å². The van der Waals surface area contributed by atoms with Crippen molar-refractivity contribution in [3.63, 3.8) is 0 Å². The summed E-state index contributed by atoms with van der Waals surface area (Å²) in [5.41, 5.74) is 0.433. The first kappa shape index (κ1) is 12.0. The molecule has 15 heavy (non-hydrogen) atoms. The van der Waals surface area contributed by atoms with Gasteiger partial charge in [0.1, 0.15) is 0 Å². The van der Waals surface area contributed by atoms with Crippen molar-refractivity contribution >= 4 is 21.7 Å². The highest BCUT2D eigenvalue weighted by molar-refractivity contribution is 9.10. The Kier molecular flexibility index (Phi) is 4.11. The quantitative estimate of drug-likeness (QED) is 0.818. The van der Waals surface area contributed by atoms with E-state index in [1.807, 2.05) is 0 Å². The summed E-state index contributed by atoms with van der Waals surface area (Å²) < 4.78 is 5.28. The van der Waals surface area contributed by atoms with Crippen molar-refractivity contribution in [2.75, 3.05) is 20.7 Å². The Hall–Kier alpha value is -1.07. The van der Waals surface area contributed by atoms with E-state index in [2.05, 4.69) is 21.2 Å². The van der Waals surface area contributed by atoms with Crippen LogP contribution in [-0.2, 0) is 0 Å². The Labute approximate surface area is 96.4 Å². The zero-order valence-electron chi connectivity index (χ0n) is 8.50. The lowest BCUT2D eigenvalue weighted by atomic mass is 10.1. The Balaban J connectivity index is 3.11. The van der Waals surface area contributed by atoms with Crippen LogP contribution in [0.3, 0.4) is 0 Å². The van der Waals surface area contributed by atoms with Crippen molar-refractivity contribution in [1.82, 2.24) is 5.32 Å². The first-order valence-corrected chi connectivity index (χ1v) is 5.14. The fraction of sp³-hybridized carbons (Fsp3) is 0.300. The van der Waals surface area contributed by atoms with Gasteiger partial charge in [0, 0.05) is 5.56 Å². The molecule has 0 saturated carbocycles. The van der Waals surface area contributed by atoms with E-state index in [-0.39, 0.29) is 18.1 Å². The second kappa shape index (κ2) is 5.14. The number of hydrogen-bond acceptors (Lipinski definition) is 4. The summed E-state index contributed by atoms with van der Waals surface area (Å²) >= 11 is 3.16. The average Bonchev–Trinajstić information content (AvgIpc) is 2.22. The van der Waals surface area contributed by atoms with E-state index >= 15 is 0 Å². The maximum absolute atomic E-state index is 11.6. The Morgan fingerprint density at radius 3 is 2.80 bits per heavy atom. The molecule has 0 fully saturated rings. The van der Waals surface area contributed by atoms with Crippen LogP contribution >= 0.6 is 15.9 Å². The molecule has 0 aliphatic rings. The molecule has 2 N–H and O–H groups in total. The molecule has 0 heterocycles. The Bertz CT molecular complexity index is 379. The molecule has 0 unspecified atom stereocenters. The molecular formula is C10H12BrNO3. The number of aromatic hydroxyl groups is 1. The van der Waals surface area contributed by atoms with Crippen LogP contribution in [0.5, 0.6) is 11.5 Å². The number of benzene rings is 1. The zero-order chi connectivity index (χ0) is 11.4. The highest BCUT2D eigenvalue weighted by Gasteiger charge is 2.15. The third-order valence-electron chi connectivity index (χ3n) is 1.94.